The van der Waals surface area contributed by atoms with Crippen LogP contribution in [-0.4, -0.2) is 10.3 Å². The third-order valence-electron chi connectivity index (χ3n) is 2.18. The normalized spacial score (nSPS) is 10.3. The Labute approximate surface area is 118 Å². The molecule has 0 unspecified atom stereocenters. The Hall–Kier alpha value is -1.10. The molecule has 3 nitrogen and oxygen atoms in total. The highest BCUT2D eigenvalue weighted by atomic mass is 35.5. The average molecular weight is 302 g/mol. The molecule has 94 valence electrons. The highest BCUT2D eigenvalue weighted by Crippen LogP contribution is 2.27. The fraction of sp³-hybridized carbons (Fsp3) is 0.167. The van der Waals surface area contributed by atoms with Gasteiger partial charge in [0.1, 0.15) is 5.75 Å². The molecule has 0 aliphatic heterocycles. The molecule has 1 aromatic carbocycles. The minimum absolute atomic E-state index is 0.293. The van der Waals surface area contributed by atoms with Gasteiger partial charge in [-0.25, -0.2) is 4.37 Å². The number of halogens is 2. The second-order valence-corrected chi connectivity index (χ2v) is 5.29. The molecular weight excluding hydrogens is 293 g/mol. The summed E-state index contributed by atoms with van der Waals surface area (Å²) in [4.78, 5) is 12.7. The molecule has 0 aliphatic carbocycles. The van der Waals surface area contributed by atoms with E-state index in [9.17, 15) is 4.79 Å². The highest BCUT2D eigenvalue weighted by molar-refractivity contribution is 7.05. The van der Waals surface area contributed by atoms with E-state index in [0.717, 1.165) is 4.88 Å². The zero-order chi connectivity index (χ0) is 13.0. The SMILES string of the molecule is O=C(CCc1ccns1)Oc1ccc(Cl)cc1Cl. The minimum Gasteiger partial charge on any atom is -0.425 e. The average Bonchev–Trinajstić information content (AvgIpc) is 2.83. The Morgan fingerprint density at radius 3 is 2.83 bits per heavy atom. The van der Waals surface area contributed by atoms with Crippen molar-refractivity contribution < 1.29 is 9.53 Å². The summed E-state index contributed by atoms with van der Waals surface area (Å²) < 4.78 is 9.11. The van der Waals surface area contributed by atoms with Crippen molar-refractivity contribution in [3.05, 3.63) is 45.4 Å². The first kappa shape index (κ1) is 13.3. The van der Waals surface area contributed by atoms with Gasteiger partial charge in [0, 0.05) is 16.1 Å². The number of nitrogens with zero attached hydrogens (tertiary/aromatic N) is 1. The summed E-state index contributed by atoms with van der Waals surface area (Å²) in [6.07, 6.45) is 2.62. The number of rotatable bonds is 4. The number of ether oxygens (including phenoxy) is 1. The Bertz CT molecular complexity index is 543. The first-order valence-electron chi connectivity index (χ1n) is 5.20. The molecular formula is C12H9Cl2NO2S. The molecule has 0 radical (unpaired) electrons. The van der Waals surface area contributed by atoms with E-state index in [1.165, 1.54) is 17.6 Å². The molecule has 0 amide bonds. The van der Waals surface area contributed by atoms with E-state index in [4.69, 9.17) is 27.9 Å². The van der Waals surface area contributed by atoms with Gasteiger partial charge < -0.3 is 4.74 Å². The summed E-state index contributed by atoms with van der Waals surface area (Å²) >= 11 is 13.0. The fourth-order valence-corrected chi connectivity index (χ4v) is 2.35. The van der Waals surface area contributed by atoms with Gasteiger partial charge in [0.05, 0.1) is 11.4 Å². The quantitative estimate of drug-likeness (QED) is 0.633. The molecule has 0 aliphatic rings. The number of hydrogen-bond donors (Lipinski definition) is 0. The molecule has 18 heavy (non-hydrogen) atoms. The lowest BCUT2D eigenvalue weighted by Gasteiger charge is -2.05. The van der Waals surface area contributed by atoms with Crippen molar-refractivity contribution in [3.8, 4) is 5.75 Å². The zero-order valence-corrected chi connectivity index (χ0v) is 11.6. The maximum Gasteiger partial charge on any atom is 0.311 e. The molecule has 2 aromatic rings. The number of carbonyl (C=O) groups is 1. The van der Waals surface area contributed by atoms with Crippen molar-refractivity contribution in [1.29, 1.82) is 0 Å². The number of esters is 1. The maximum absolute atomic E-state index is 11.6. The monoisotopic (exact) mass is 301 g/mol. The third kappa shape index (κ3) is 3.70. The Morgan fingerprint density at radius 1 is 1.33 bits per heavy atom. The maximum atomic E-state index is 11.6. The van der Waals surface area contributed by atoms with Gasteiger partial charge in [0.2, 0.25) is 0 Å². The van der Waals surface area contributed by atoms with E-state index in [1.54, 1.807) is 18.3 Å². The van der Waals surface area contributed by atoms with Crippen molar-refractivity contribution in [3.63, 3.8) is 0 Å². The van der Waals surface area contributed by atoms with E-state index < -0.39 is 0 Å². The lowest BCUT2D eigenvalue weighted by Crippen LogP contribution is -2.08. The first-order chi connectivity index (χ1) is 8.65. The molecule has 0 fully saturated rings. The zero-order valence-electron chi connectivity index (χ0n) is 9.23. The van der Waals surface area contributed by atoms with Crippen LogP contribution in [0.25, 0.3) is 0 Å². The van der Waals surface area contributed by atoms with Crippen LogP contribution in [0.1, 0.15) is 11.3 Å². The number of aromatic nitrogens is 1. The molecule has 6 heteroatoms. The second-order valence-electron chi connectivity index (χ2n) is 3.53. The number of hydrogen-bond acceptors (Lipinski definition) is 4. The van der Waals surface area contributed by atoms with Gasteiger partial charge >= 0.3 is 5.97 Å². The Kier molecular flexibility index (Phi) is 4.58. The molecule has 0 bridgehead atoms. The second kappa shape index (κ2) is 6.18. The van der Waals surface area contributed by atoms with Gasteiger partial charge in [-0.2, -0.15) is 0 Å². The van der Waals surface area contributed by atoms with Gasteiger partial charge in [-0.05, 0) is 42.2 Å². The van der Waals surface area contributed by atoms with E-state index in [2.05, 4.69) is 4.37 Å². The number of benzene rings is 1. The minimum atomic E-state index is -0.326. The van der Waals surface area contributed by atoms with Crippen molar-refractivity contribution in [2.24, 2.45) is 0 Å². The van der Waals surface area contributed by atoms with Crippen LogP contribution < -0.4 is 4.74 Å². The summed E-state index contributed by atoms with van der Waals surface area (Å²) in [6.45, 7) is 0. The van der Waals surface area contributed by atoms with Crippen molar-refractivity contribution in [1.82, 2.24) is 4.37 Å². The smallest absolute Gasteiger partial charge is 0.311 e. The molecule has 0 atom stereocenters. The first-order valence-corrected chi connectivity index (χ1v) is 6.73. The van der Waals surface area contributed by atoms with Crippen molar-refractivity contribution >= 4 is 40.7 Å². The highest BCUT2D eigenvalue weighted by Gasteiger charge is 2.09. The predicted molar refractivity (Wildman–Crippen MR) is 72.5 cm³/mol. The van der Waals surface area contributed by atoms with Crippen LogP contribution in [-0.2, 0) is 11.2 Å². The van der Waals surface area contributed by atoms with Crippen molar-refractivity contribution in [2.45, 2.75) is 12.8 Å². The summed E-state index contributed by atoms with van der Waals surface area (Å²) in [5.41, 5.74) is 0. The van der Waals surface area contributed by atoms with Crippen LogP contribution >= 0.6 is 34.7 Å². The fourth-order valence-electron chi connectivity index (χ4n) is 1.33. The summed E-state index contributed by atoms with van der Waals surface area (Å²) in [6, 6.07) is 6.62. The van der Waals surface area contributed by atoms with E-state index in [0.29, 0.717) is 28.6 Å². The van der Waals surface area contributed by atoms with Crippen LogP contribution in [0.4, 0.5) is 0 Å². The van der Waals surface area contributed by atoms with Gasteiger partial charge in [-0.3, -0.25) is 4.79 Å². The molecule has 0 saturated heterocycles. The van der Waals surface area contributed by atoms with Crippen LogP contribution in [0.3, 0.4) is 0 Å². The van der Waals surface area contributed by atoms with E-state index in [-0.39, 0.29) is 5.97 Å². The van der Waals surface area contributed by atoms with Crippen LogP contribution in [0.15, 0.2) is 30.5 Å². The van der Waals surface area contributed by atoms with Gasteiger partial charge in [0.15, 0.2) is 0 Å². The Morgan fingerprint density at radius 2 is 2.17 bits per heavy atom. The largest absolute Gasteiger partial charge is 0.425 e. The van der Waals surface area contributed by atoms with Gasteiger partial charge in [0.25, 0.3) is 0 Å². The van der Waals surface area contributed by atoms with Crippen LogP contribution in [0, 0.1) is 0 Å². The molecule has 0 spiro atoms. The topological polar surface area (TPSA) is 39.2 Å². The van der Waals surface area contributed by atoms with Crippen LogP contribution in [0.5, 0.6) is 5.75 Å². The molecule has 0 N–H and O–H groups in total. The lowest BCUT2D eigenvalue weighted by atomic mass is 10.3. The van der Waals surface area contributed by atoms with Gasteiger partial charge in [-0.1, -0.05) is 23.2 Å². The predicted octanol–water partition coefficient (Wildman–Crippen LogP) is 3.99. The Balaban J connectivity index is 1.91. The molecule has 1 heterocycles. The van der Waals surface area contributed by atoms with E-state index in [1.807, 2.05) is 6.07 Å². The number of aryl methyl sites for hydroxylation is 1. The standard InChI is InChI=1S/C12H9Cl2NO2S/c13-8-1-3-11(10(14)7-8)17-12(16)4-2-9-5-6-15-18-9/h1,3,5-7H,2,4H2. The molecule has 0 saturated carbocycles. The molecule has 1 aromatic heterocycles. The summed E-state index contributed by atoms with van der Waals surface area (Å²) in [7, 11) is 0. The number of carbonyl (C=O) groups excluding carboxylic acids is 1. The van der Waals surface area contributed by atoms with Crippen LogP contribution in [0.2, 0.25) is 10.0 Å². The van der Waals surface area contributed by atoms with Crippen molar-refractivity contribution in [2.75, 3.05) is 0 Å². The lowest BCUT2D eigenvalue weighted by molar-refractivity contribution is -0.134. The van der Waals surface area contributed by atoms with E-state index >= 15 is 0 Å². The molecule has 2 rings (SSSR count). The summed E-state index contributed by atoms with van der Waals surface area (Å²) in [5.74, 6) is 0.00277. The summed E-state index contributed by atoms with van der Waals surface area (Å²) in [5, 5.41) is 0.832. The van der Waals surface area contributed by atoms with Gasteiger partial charge in [-0.15, -0.1) is 0 Å². The third-order valence-corrected chi connectivity index (χ3v) is 3.52.